The van der Waals surface area contributed by atoms with Gasteiger partial charge in [-0.25, -0.2) is 26.9 Å². The maximum atomic E-state index is 14.0. The van der Waals surface area contributed by atoms with Crippen LogP contribution in [0.5, 0.6) is 11.6 Å². The molecule has 0 radical (unpaired) electrons. The number of ether oxygens (including phenoxy) is 1. The number of rotatable bonds is 4. The zero-order valence-corrected chi connectivity index (χ0v) is 14.2. The van der Waals surface area contributed by atoms with Crippen LogP contribution in [0.2, 0.25) is 0 Å². The Hall–Kier alpha value is -3.49. The summed E-state index contributed by atoms with van der Waals surface area (Å²) in [5.41, 5.74) is -0.781. The van der Waals surface area contributed by atoms with Crippen molar-refractivity contribution in [2.75, 3.05) is 5.32 Å². The summed E-state index contributed by atoms with van der Waals surface area (Å²) >= 11 is 0. The molecule has 1 N–H and O–H groups in total. The molecule has 0 spiro atoms. The number of pyridine rings is 1. The Kier molecular flexibility index (Phi) is 5.25. The van der Waals surface area contributed by atoms with Crippen LogP contribution in [0.1, 0.15) is 15.9 Å². The first kappa shape index (κ1) is 19.3. The highest BCUT2D eigenvalue weighted by molar-refractivity contribution is 6.04. The second-order valence-electron chi connectivity index (χ2n) is 5.67. The number of hydrogen-bond donors (Lipinski definition) is 1. The number of benzene rings is 2. The van der Waals surface area contributed by atoms with E-state index in [-0.39, 0.29) is 17.1 Å². The summed E-state index contributed by atoms with van der Waals surface area (Å²) in [6.45, 7) is 1.05. The molecule has 0 saturated heterocycles. The van der Waals surface area contributed by atoms with Crippen molar-refractivity contribution < 1.29 is 31.5 Å². The first-order valence-electron chi connectivity index (χ1n) is 7.80. The zero-order valence-electron chi connectivity index (χ0n) is 14.2. The molecule has 9 heteroatoms. The monoisotopic (exact) mass is 394 g/mol. The van der Waals surface area contributed by atoms with Crippen LogP contribution in [0.3, 0.4) is 0 Å². The number of anilines is 1. The third-order valence-corrected chi connectivity index (χ3v) is 3.73. The fraction of sp³-hybridized carbons (Fsp3) is 0.0526. The van der Waals surface area contributed by atoms with Gasteiger partial charge in [0.15, 0.2) is 23.2 Å². The van der Waals surface area contributed by atoms with Crippen molar-refractivity contribution in [1.82, 2.24) is 4.98 Å². The molecule has 0 unspecified atom stereocenters. The highest BCUT2D eigenvalue weighted by atomic mass is 19.2. The lowest BCUT2D eigenvalue weighted by Crippen LogP contribution is -2.13. The van der Waals surface area contributed by atoms with Gasteiger partial charge in [-0.3, -0.25) is 4.79 Å². The number of carbonyl (C=O) groups is 1. The van der Waals surface area contributed by atoms with Crippen LogP contribution < -0.4 is 10.1 Å². The van der Waals surface area contributed by atoms with E-state index in [9.17, 15) is 26.7 Å². The van der Waals surface area contributed by atoms with E-state index in [1.54, 1.807) is 0 Å². The van der Waals surface area contributed by atoms with E-state index in [4.69, 9.17) is 4.74 Å². The molecule has 0 aliphatic carbocycles. The maximum Gasteiger partial charge on any atom is 0.257 e. The molecule has 1 heterocycles. The SMILES string of the molecule is Cc1c(F)c(F)cc(Oc2ccc(C(=O)Nc3ccc(F)cc3F)cn2)c1F. The Labute approximate surface area is 155 Å². The molecule has 28 heavy (non-hydrogen) atoms. The van der Waals surface area contributed by atoms with E-state index >= 15 is 0 Å². The quantitative estimate of drug-likeness (QED) is 0.493. The van der Waals surface area contributed by atoms with Gasteiger partial charge in [-0.2, -0.15) is 0 Å². The predicted octanol–water partition coefficient (Wildman–Crippen LogP) is 5.13. The first-order chi connectivity index (χ1) is 13.3. The van der Waals surface area contributed by atoms with Gasteiger partial charge < -0.3 is 10.1 Å². The molecule has 0 aliphatic rings. The predicted molar refractivity (Wildman–Crippen MR) is 89.7 cm³/mol. The van der Waals surface area contributed by atoms with Crippen LogP contribution in [-0.4, -0.2) is 10.9 Å². The number of nitrogens with one attached hydrogen (secondary N) is 1. The number of halogens is 5. The average Bonchev–Trinajstić information content (AvgIpc) is 2.67. The van der Waals surface area contributed by atoms with E-state index in [0.717, 1.165) is 25.3 Å². The summed E-state index contributed by atoms with van der Waals surface area (Å²) in [7, 11) is 0. The molecule has 0 aliphatic heterocycles. The van der Waals surface area contributed by atoms with Crippen LogP contribution in [0.25, 0.3) is 0 Å². The van der Waals surface area contributed by atoms with Gasteiger partial charge in [0.2, 0.25) is 5.88 Å². The van der Waals surface area contributed by atoms with Crippen molar-refractivity contribution in [3.63, 3.8) is 0 Å². The summed E-state index contributed by atoms with van der Waals surface area (Å²) in [5, 5.41) is 2.24. The lowest BCUT2D eigenvalue weighted by molar-refractivity contribution is 0.102. The summed E-state index contributed by atoms with van der Waals surface area (Å²) < 4.78 is 72.2. The van der Waals surface area contributed by atoms with E-state index < -0.39 is 46.3 Å². The van der Waals surface area contributed by atoms with Crippen LogP contribution in [0, 0.1) is 36.0 Å². The molecule has 144 valence electrons. The van der Waals surface area contributed by atoms with Gasteiger partial charge in [-0.15, -0.1) is 0 Å². The average molecular weight is 394 g/mol. The van der Waals surface area contributed by atoms with Gasteiger partial charge in [0, 0.05) is 30.0 Å². The Balaban J connectivity index is 1.76. The minimum atomic E-state index is -1.32. The van der Waals surface area contributed by atoms with Crippen molar-refractivity contribution in [3.05, 3.63) is 82.8 Å². The van der Waals surface area contributed by atoms with Crippen LogP contribution in [-0.2, 0) is 0 Å². The fourth-order valence-electron chi connectivity index (χ4n) is 2.25. The van der Waals surface area contributed by atoms with Crippen molar-refractivity contribution >= 4 is 11.6 Å². The highest BCUT2D eigenvalue weighted by Crippen LogP contribution is 2.28. The van der Waals surface area contributed by atoms with Gasteiger partial charge in [0.05, 0.1) is 11.3 Å². The van der Waals surface area contributed by atoms with Crippen molar-refractivity contribution in [1.29, 1.82) is 0 Å². The van der Waals surface area contributed by atoms with Crippen LogP contribution >= 0.6 is 0 Å². The molecule has 2 aromatic carbocycles. The fourth-order valence-corrected chi connectivity index (χ4v) is 2.25. The van der Waals surface area contributed by atoms with E-state index in [1.165, 1.54) is 12.1 Å². The topological polar surface area (TPSA) is 51.2 Å². The summed E-state index contributed by atoms with van der Waals surface area (Å²) in [6, 6.07) is 5.62. The molecule has 4 nitrogen and oxygen atoms in total. The first-order valence-corrected chi connectivity index (χ1v) is 7.80. The second-order valence-corrected chi connectivity index (χ2v) is 5.67. The minimum Gasteiger partial charge on any atom is -0.436 e. The van der Waals surface area contributed by atoms with E-state index in [2.05, 4.69) is 10.3 Å². The normalized spacial score (nSPS) is 10.6. The molecule has 1 aromatic heterocycles. The molecular formula is C19H11F5N2O2. The van der Waals surface area contributed by atoms with Crippen LogP contribution in [0.4, 0.5) is 27.6 Å². The van der Waals surface area contributed by atoms with Gasteiger partial charge in [-0.05, 0) is 25.1 Å². The van der Waals surface area contributed by atoms with Gasteiger partial charge in [0.25, 0.3) is 5.91 Å². The van der Waals surface area contributed by atoms with E-state index in [0.29, 0.717) is 12.1 Å². The third-order valence-electron chi connectivity index (χ3n) is 3.73. The number of carbonyl (C=O) groups excluding carboxylic acids is 1. The van der Waals surface area contributed by atoms with Gasteiger partial charge in [-0.1, -0.05) is 0 Å². The number of nitrogens with zero attached hydrogens (tertiary/aromatic N) is 1. The number of hydrogen-bond acceptors (Lipinski definition) is 3. The van der Waals surface area contributed by atoms with Crippen molar-refractivity contribution in [2.24, 2.45) is 0 Å². The van der Waals surface area contributed by atoms with Crippen molar-refractivity contribution in [2.45, 2.75) is 6.92 Å². The minimum absolute atomic E-state index is 0.00184. The molecule has 0 fully saturated rings. The summed E-state index contributed by atoms with van der Waals surface area (Å²) in [6.07, 6.45) is 1.05. The molecule has 3 aromatic rings. The van der Waals surface area contributed by atoms with Gasteiger partial charge >= 0.3 is 0 Å². The zero-order chi connectivity index (χ0) is 20.4. The standard InChI is InChI=1S/C19H11F5N2O2/c1-9-17(23)13(22)7-15(18(9)24)28-16-5-2-10(8-25-16)19(27)26-14-4-3-11(20)6-12(14)21/h2-8H,1H3,(H,26,27). The smallest absolute Gasteiger partial charge is 0.257 e. The van der Waals surface area contributed by atoms with Gasteiger partial charge in [0.1, 0.15) is 11.6 Å². The Morgan fingerprint density at radius 2 is 1.71 bits per heavy atom. The molecule has 3 rings (SSSR count). The molecule has 0 saturated carbocycles. The van der Waals surface area contributed by atoms with Crippen molar-refractivity contribution in [3.8, 4) is 11.6 Å². The Morgan fingerprint density at radius 3 is 2.36 bits per heavy atom. The summed E-state index contributed by atoms with van der Waals surface area (Å²) in [5.74, 6) is -6.94. The summed E-state index contributed by atoms with van der Waals surface area (Å²) in [4.78, 5) is 15.9. The third kappa shape index (κ3) is 3.93. The number of amides is 1. The molecule has 1 amide bonds. The van der Waals surface area contributed by atoms with E-state index in [1.807, 2.05) is 0 Å². The number of aromatic nitrogens is 1. The molecule has 0 bridgehead atoms. The lowest BCUT2D eigenvalue weighted by Gasteiger charge is -2.10. The maximum absolute atomic E-state index is 14.0. The second kappa shape index (κ2) is 7.63. The molecular weight excluding hydrogens is 383 g/mol. The Bertz CT molecular complexity index is 1060. The largest absolute Gasteiger partial charge is 0.436 e. The Morgan fingerprint density at radius 1 is 0.964 bits per heavy atom. The lowest BCUT2D eigenvalue weighted by atomic mass is 10.2. The highest BCUT2D eigenvalue weighted by Gasteiger charge is 2.18. The molecule has 0 atom stereocenters. The van der Waals surface area contributed by atoms with Crippen LogP contribution in [0.15, 0.2) is 42.6 Å².